The van der Waals surface area contributed by atoms with Crippen LogP contribution in [0.15, 0.2) is 42.5 Å². The van der Waals surface area contributed by atoms with E-state index in [2.05, 4.69) is 47.8 Å². The molecule has 0 radical (unpaired) electrons. The maximum absolute atomic E-state index is 6.04. The largest absolute Gasteiger partial charge is 0.383 e. The number of anilines is 1. The van der Waals surface area contributed by atoms with E-state index in [0.717, 1.165) is 25.1 Å². The number of rotatable bonds is 3. The quantitative estimate of drug-likeness (QED) is 0.821. The van der Waals surface area contributed by atoms with Crippen LogP contribution in [-0.4, -0.2) is 12.1 Å². The van der Waals surface area contributed by atoms with Gasteiger partial charge in [0.05, 0.1) is 0 Å². The standard InChI is InChI=1S/C14H16N2/c15-14(7-8-14)10-16-13-6-5-11-3-1-2-4-12(11)9-13/h1-6,9,16H,7-8,10,15H2. The van der Waals surface area contributed by atoms with Gasteiger partial charge in [0.1, 0.15) is 0 Å². The lowest BCUT2D eigenvalue weighted by atomic mass is 10.1. The van der Waals surface area contributed by atoms with Gasteiger partial charge in [-0.25, -0.2) is 0 Å². The summed E-state index contributed by atoms with van der Waals surface area (Å²) in [5.41, 5.74) is 7.27. The third-order valence-corrected chi connectivity index (χ3v) is 3.29. The predicted molar refractivity (Wildman–Crippen MR) is 68.6 cm³/mol. The van der Waals surface area contributed by atoms with Crippen LogP contribution >= 0.6 is 0 Å². The van der Waals surface area contributed by atoms with Gasteiger partial charge < -0.3 is 11.1 Å². The lowest BCUT2D eigenvalue weighted by Gasteiger charge is -2.12. The molecular weight excluding hydrogens is 196 g/mol. The van der Waals surface area contributed by atoms with Crippen LogP contribution in [0.4, 0.5) is 5.69 Å². The first-order valence-electron chi connectivity index (χ1n) is 5.77. The number of benzene rings is 2. The van der Waals surface area contributed by atoms with Crippen molar-refractivity contribution >= 4 is 16.5 Å². The molecule has 0 heterocycles. The van der Waals surface area contributed by atoms with Gasteiger partial charge in [0.2, 0.25) is 0 Å². The lowest BCUT2D eigenvalue weighted by molar-refractivity contribution is 0.713. The zero-order valence-electron chi connectivity index (χ0n) is 9.24. The number of hydrogen-bond acceptors (Lipinski definition) is 2. The monoisotopic (exact) mass is 212 g/mol. The Morgan fingerprint density at radius 3 is 2.56 bits per heavy atom. The highest BCUT2D eigenvalue weighted by Crippen LogP contribution is 2.32. The zero-order chi connectivity index (χ0) is 11.0. The molecule has 0 unspecified atom stereocenters. The molecule has 1 fully saturated rings. The summed E-state index contributed by atoms with van der Waals surface area (Å²) in [7, 11) is 0. The van der Waals surface area contributed by atoms with E-state index < -0.39 is 0 Å². The van der Waals surface area contributed by atoms with Gasteiger partial charge in [0, 0.05) is 17.8 Å². The van der Waals surface area contributed by atoms with Crippen molar-refractivity contribution in [1.82, 2.24) is 0 Å². The molecule has 3 N–H and O–H groups in total. The first-order valence-corrected chi connectivity index (χ1v) is 5.77. The van der Waals surface area contributed by atoms with Crippen LogP contribution < -0.4 is 11.1 Å². The van der Waals surface area contributed by atoms with Crippen molar-refractivity contribution in [3.05, 3.63) is 42.5 Å². The summed E-state index contributed by atoms with van der Waals surface area (Å²) in [6.07, 6.45) is 2.29. The average Bonchev–Trinajstić information content (AvgIpc) is 3.05. The second-order valence-corrected chi connectivity index (χ2v) is 4.78. The first-order chi connectivity index (χ1) is 7.75. The van der Waals surface area contributed by atoms with E-state index in [9.17, 15) is 0 Å². The van der Waals surface area contributed by atoms with E-state index >= 15 is 0 Å². The second kappa shape index (κ2) is 3.49. The third-order valence-electron chi connectivity index (χ3n) is 3.29. The highest BCUT2D eigenvalue weighted by molar-refractivity contribution is 5.85. The molecule has 0 spiro atoms. The summed E-state index contributed by atoms with van der Waals surface area (Å²) < 4.78 is 0. The van der Waals surface area contributed by atoms with Crippen LogP contribution in [0.2, 0.25) is 0 Å². The number of fused-ring (bicyclic) bond motifs is 1. The Bertz CT molecular complexity index is 515. The van der Waals surface area contributed by atoms with Crippen molar-refractivity contribution in [3.8, 4) is 0 Å². The Hall–Kier alpha value is -1.54. The molecule has 0 saturated heterocycles. The Balaban J connectivity index is 1.81. The summed E-state index contributed by atoms with van der Waals surface area (Å²) in [5, 5.41) is 5.97. The molecule has 82 valence electrons. The van der Waals surface area contributed by atoms with Crippen molar-refractivity contribution in [2.75, 3.05) is 11.9 Å². The van der Waals surface area contributed by atoms with Gasteiger partial charge in [-0.1, -0.05) is 30.3 Å². The normalized spacial score (nSPS) is 17.3. The Morgan fingerprint density at radius 2 is 1.81 bits per heavy atom. The predicted octanol–water partition coefficient (Wildman–Crippen LogP) is 2.74. The smallest absolute Gasteiger partial charge is 0.0347 e. The van der Waals surface area contributed by atoms with Gasteiger partial charge in [0.15, 0.2) is 0 Å². The van der Waals surface area contributed by atoms with Crippen molar-refractivity contribution in [2.24, 2.45) is 5.73 Å². The van der Waals surface area contributed by atoms with Gasteiger partial charge >= 0.3 is 0 Å². The van der Waals surface area contributed by atoms with E-state index in [0.29, 0.717) is 0 Å². The number of nitrogens with two attached hydrogens (primary N) is 1. The molecule has 0 aromatic heterocycles. The molecule has 0 atom stereocenters. The van der Waals surface area contributed by atoms with E-state index in [-0.39, 0.29) is 5.54 Å². The lowest BCUT2D eigenvalue weighted by Crippen LogP contribution is -2.30. The second-order valence-electron chi connectivity index (χ2n) is 4.78. The molecule has 16 heavy (non-hydrogen) atoms. The molecule has 0 aliphatic heterocycles. The van der Waals surface area contributed by atoms with Crippen LogP contribution in [0.5, 0.6) is 0 Å². The molecule has 2 aromatic carbocycles. The van der Waals surface area contributed by atoms with Crippen molar-refractivity contribution in [1.29, 1.82) is 0 Å². The van der Waals surface area contributed by atoms with Crippen LogP contribution in [-0.2, 0) is 0 Å². The average molecular weight is 212 g/mol. The summed E-state index contributed by atoms with van der Waals surface area (Å²) in [6.45, 7) is 0.880. The highest BCUT2D eigenvalue weighted by atomic mass is 15.0. The van der Waals surface area contributed by atoms with Crippen molar-refractivity contribution in [2.45, 2.75) is 18.4 Å². The topological polar surface area (TPSA) is 38.0 Å². The van der Waals surface area contributed by atoms with Crippen LogP contribution in [0.3, 0.4) is 0 Å². The fourth-order valence-corrected chi connectivity index (χ4v) is 1.91. The van der Waals surface area contributed by atoms with Crippen molar-refractivity contribution in [3.63, 3.8) is 0 Å². The van der Waals surface area contributed by atoms with Crippen molar-refractivity contribution < 1.29 is 0 Å². The molecule has 2 aromatic rings. The SMILES string of the molecule is NC1(CNc2ccc3ccccc3c2)CC1. The van der Waals surface area contributed by atoms with Crippen LogP contribution in [0.25, 0.3) is 10.8 Å². The molecule has 2 nitrogen and oxygen atoms in total. The molecule has 3 rings (SSSR count). The molecule has 0 amide bonds. The Labute approximate surface area is 95.5 Å². The minimum absolute atomic E-state index is 0.0612. The van der Waals surface area contributed by atoms with Gasteiger partial charge in [-0.2, -0.15) is 0 Å². The minimum atomic E-state index is 0.0612. The summed E-state index contributed by atoms with van der Waals surface area (Å²) in [4.78, 5) is 0. The van der Waals surface area contributed by atoms with E-state index in [1.54, 1.807) is 0 Å². The molecular formula is C14H16N2. The van der Waals surface area contributed by atoms with Gasteiger partial charge in [-0.15, -0.1) is 0 Å². The first kappa shape index (κ1) is 9.67. The molecule has 1 aliphatic carbocycles. The third kappa shape index (κ3) is 1.89. The fraction of sp³-hybridized carbons (Fsp3) is 0.286. The van der Waals surface area contributed by atoms with E-state index in [1.165, 1.54) is 10.8 Å². The summed E-state index contributed by atoms with van der Waals surface area (Å²) in [6, 6.07) is 14.8. The van der Waals surface area contributed by atoms with Gasteiger partial charge in [-0.05, 0) is 35.7 Å². The van der Waals surface area contributed by atoms with Crippen LogP contribution in [0, 0.1) is 0 Å². The Morgan fingerprint density at radius 1 is 1.06 bits per heavy atom. The zero-order valence-corrected chi connectivity index (χ0v) is 9.24. The minimum Gasteiger partial charge on any atom is -0.383 e. The maximum Gasteiger partial charge on any atom is 0.0347 e. The van der Waals surface area contributed by atoms with Crippen LogP contribution in [0.1, 0.15) is 12.8 Å². The maximum atomic E-state index is 6.04. The van der Waals surface area contributed by atoms with Gasteiger partial charge in [-0.3, -0.25) is 0 Å². The van der Waals surface area contributed by atoms with Gasteiger partial charge in [0.25, 0.3) is 0 Å². The highest BCUT2D eigenvalue weighted by Gasteiger charge is 2.37. The molecule has 0 bridgehead atoms. The summed E-state index contributed by atoms with van der Waals surface area (Å²) >= 11 is 0. The summed E-state index contributed by atoms with van der Waals surface area (Å²) in [5.74, 6) is 0. The van der Waals surface area contributed by atoms with E-state index in [1.807, 2.05) is 0 Å². The number of hydrogen-bond donors (Lipinski definition) is 2. The Kier molecular flexibility index (Phi) is 2.11. The van der Waals surface area contributed by atoms with E-state index in [4.69, 9.17) is 5.73 Å². The molecule has 1 aliphatic rings. The molecule has 2 heteroatoms. The molecule has 1 saturated carbocycles. The number of nitrogens with one attached hydrogen (secondary N) is 1. The fourth-order valence-electron chi connectivity index (χ4n) is 1.91.